The number of para-hydroxylation sites is 1. The number of nitrogens with zero attached hydrogens (tertiary/aromatic N) is 1. The zero-order valence-corrected chi connectivity index (χ0v) is 15.0. The van der Waals surface area contributed by atoms with Crippen molar-refractivity contribution in [1.82, 2.24) is 4.90 Å². The molecule has 6 nitrogen and oxygen atoms in total. The van der Waals surface area contributed by atoms with Gasteiger partial charge in [-0.1, -0.05) is 35.3 Å². The molecule has 0 atom stereocenters. The van der Waals surface area contributed by atoms with Crippen molar-refractivity contribution in [3.8, 4) is 0 Å². The summed E-state index contributed by atoms with van der Waals surface area (Å²) in [6.07, 6.45) is 0. The molecule has 3 amide bonds. The molecule has 8 heteroatoms. The predicted molar refractivity (Wildman–Crippen MR) is 96.9 cm³/mol. The maximum atomic E-state index is 12.4. The zero-order chi connectivity index (χ0) is 19.0. The number of fused-ring (bicyclic) bond motifs is 1. The molecular formula is C18H12Cl2N2O4. The Morgan fingerprint density at radius 1 is 1.00 bits per heavy atom. The molecule has 0 saturated heterocycles. The minimum atomic E-state index is -0.626. The molecule has 0 radical (unpaired) electrons. The summed E-state index contributed by atoms with van der Waals surface area (Å²) < 4.78 is 0. The van der Waals surface area contributed by atoms with Gasteiger partial charge in [0.25, 0.3) is 11.8 Å². The van der Waals surface area contributed by atoms with Crippen LogP contribution in [0.3, 0.4) is 0 Å². The molecule has 1 aliphatic heterocycles. The molecule has 132 valence electrons. The van der Waals surface area contributed by atoms with Crippen molar-refractivity contribution < 1.29 is 19.2 Å². The fraction of sp³-hybridized carbons (Fsp3) is 0.111. The van der Waals surface area contributed by atoms with Gasteiger partial charge >= 0.3 is 0 Å². The first kappa shape index (κ1) is 18.1. The molecule has 2 aromatic rings. The van der Waals surface area contributed by atoms with Crippen molar-refractivity contribution in [1.29, 1.82) is 0 Å². The van der Waals surface area contributed by atoms with E-state index >= 15 is 0 Å². The standard InChI is InChI=1S/C18H12Cl2N2O4/c1-9(23)10-4-2-3-5-15(10)21-16(24)8-22-17(25)11-6-13(19)14(20)7-12(11)18(22)26/h2-7H,8H2,1H3,(H,21,24). The van der Waals surface area contributed by atoms with Gasteiger partial charge < -0.3 is 5.32 Å². The molecule has 0 aliphatic carbocycles. The molecule has 0 unspecified atom stereocenters. The lowest BCUT2D eigenvalue weighted by Gasteiger charge is -2.14. The Bertz CT molecular complexity index is 931. The zero-order valence-electron chi connectivity index (χ0n) is 13.5. The summed E-state index contributed by atoms with van der Waals surface area (Å²) in [6, 6.07) is 9.09. The van der Waals surface area contributed by atoms with E-state index in [0.29, 0.717) is 11.3 Å². The van der Waals surface area contributed by atoms with E-state index in [0.717, 1.165) is 4.90 Å². The Balaban J connectivity index is 1.80. The highest BCUT2D eigenvalue weighted by atomic mass is 35.5. The van der Waals surface area contributed by atoms with Gasteiger partial charge in [0, 0.05) is 5.56 Å². The van der Waals surface area contributed by atoms with Gasteiger partial charge in [0.15, 0.2) is 5.78 Å². The number of Topliss-reactive ketones (excluding diaryl/α,β-unsaturated/α-hetero) is 1. The fourth-order valence-corrected chi connectivity index (χ4v) is 2.99. The van der Waals surface area contributed by atoms with Crippen molar-refractivity contribution >= 4 is 52.4 Å². The van der Waals surface area contributed by atoms with Gasteiger partial charge in [-0.25, -0.2) is 0 Å². The summed E-state index contributed by atoms with van der Waals surface area (Å²) in [7, 11) is 0. The van der Waals surface area contributed by atoms with Crippen LogP contribution in [0.15, 0.2) is 36.4 Å². The smallest absolute Gasteiger partial charge is 0.262 e. The van der Waals surface area contributed by atoms with Gasteiger partial charge in [0.1, 0.15) is 6.54 Å². The number of hydrogen-bond donors (Lipinski definition) is 1. The number of hydrogen-bond acceptors (Lipinski definition) is 4. The SMILES string of the molecule is CC(=O)c1ccccc1NC(=O)CN1C(=O)c2cc(Cl)c(Cl)cc2C1=O. The molecule has 2 aromatic carbocycles. The summed E-state index contributed by atoms with van der Waals surface area (Å²) in [5.74, 6) is -2.08. The number of halogens is 2. The van der Waals surface area contributed by atoms with Crippen LogP contribution in [0, 0.1) is 0 Å². The summed E-state index contributed by atoms with van der Waals surface area (Å²) >= 11 is 11.8. The number of carbonyl (C=O) groups is 4. The fourth-order valence-electron chi connectivity index (χ4n) is 2.66. The Morgan fingerprint density at radius 3 is 2.08 bits per heavy atom. The highest BCUT2D eigenvalue weighted by Gasteiger charge is 2.37. The van der Waals surface area contributed by atoms with Crippen LogP contribution in [0.25, 0.3) is 0 Å². The number of amides is 3. The van der Waals surface area contributed by atoms with E-state index in [9.17, 15) is 19.2 Å². The first-order valence-electron chi connectivity index (χ1n) is 7.54. The van der Waals surface area contributed by atoms with E-state index in [1.54, 1.807) is 24.3 Å². The molecule has 1 N–H and O–H groups in total. The summed E-state index contributed by atoms with van der Waals surface area (Å²) in [5.41, 5.74) is 0.845. The minimum Gasteiger partial charge on any atom is -0.324 e. The Labute approximate surface area is 158 Å². The lowest BCUT2D eigenvalue weighted by atomic mass is 10.1. The Morgan fingerprint density at radius 2 is 1.54 bits per heavy atom. The van der Waals surface area contributed by atoms with Gasteiger partial charge in [-0.05, 0) is 31.2 Å². The van der Waals surface area contributed by atoms with Gasteiger partial charge in [-0.2, -0.15) is 0 Å². The normalized spacial score (nSPS) is 13.0. The highest BCUT2D eigenvalue weighted by molar-refractivity contribution is 6.43. The topological polar surface area (TPSA) is 83.6 Å². The largest absolute Gasteiger partial charge is 0.324 e. The minimum absolute atomic E-state index is 0.0985. The van der Waals surface area contributed by atoms with Crippen molar-refractivity contribution in [3.63, 3.8) is 0 Å². The average Bonchev–Trinajstić information content (AvgIpc) is 2.80. The maximum Gasteiger partial charge on any atom is 0.262 e. The molecule has 0 saturated carbocycles. The third-order valence-corrected chi connectivity index (χ3v) is 4.62. The van der Waals surface area contributed by atoms with Gasteiger partial charge in [-0.15, -0.1) is 0 Å². The second-order valence-corrected chi connectivity index (χ2v) is 6.47. The summed E-state index contributed by atoms with van der Waals surface area (Å²) in [4.78, 5) is 49.5. The number of carbonyl (C=O) groups excluding carboxylic acids is 4. The predicted octanol–water partition coefficient (Wildman–Crippen LogP) is 3.43. The third-order valence-electron chi connectivity index (χ3n) is 3.89. The van der Waals surface area contributed by atoms with Crippen LogP contribution in [-0.2, 0) is 4.79 Å². The van der Waals surface area contributed by atoms with Crippen molar-refractivity contribution in [2.75, 3.05) is 11.9 Å². The molecule has 26 heavy (non-hydrogen) atoms. The lowest BCUT2D eigenvalue weighted by Crippen LogP contribution is -2.37. The van der Waals surface area contributed by atoms with Crippen molar-refractivity contribution in [2.45, 2.75) is 6.92 Å². The molecule has 0 spiro atoms. The number of anilines is 1. The molecule has 0 aromatic heterocycles. The van der Waals surface area contributed by atoms with E-state index in [4.69, 9.17) is 23.2 Å². The Hall–Kier alpha value is -2.70. The first-order valence-corrected chi connectivity index (χ1v) is 8.30. The van der Waals surface area contributed by atoms with E-state index < -0.39 is 24.3 Å². The van der Waals surface area contributed by atoms with Crippen LogP contribution in [0.2, 0.25) is 10.0 Å². The third kappa shape index (κ3) is 3.21. The summed E-state index contributed by atoms with van der Waals surface area (Å²) in [5, 5.41) is 2.84. The maximum absolute atomic E-state index is 12.4. The highest BCUT2D eigenvalue weighted by Crippen LogP contribution is 2.31. The number of benzene rings is 2. The lowest BCUT2D eigenvalue weighted by molar-refractivity contribution is -0.116. The monoisotopic (exact) mass is 390 g/mol. The molecule has 0 fully saturated rings. The van der Waals surface area contributed by atoms with E-state index in [1.165, 1.54) is 19.1 Å². The van der Waals surface area contributed by atoms with Crippen molar-refractivity contribution in [2.24, 2.45) is 0 Å². The molecule has 1 heterocycles. The van der Waals surface area contributed by atoms with Gasteiger partial charge in [-0.3, -0.25) is 24.1 Å². The first-order chi connectivity index (χ1) is 12.3. The summed E-state index contributed by atoms with van der Waals surface area (Å²) in [6.45, 7) is 0.885. The van der Waals surface area contributed by atoms with Crippen LogP contribution < -0.4 is 5.32 Å². The van der Waals surface area contributed by atoms with E-state index in [2.05, 4.69) is 5.32 Å². The van der Waals surface area contributed by atoms with E-state index in [1.807, 2.05) is 0 Å². The van der Waals surface area contributed by atoms with Crippen LogP contribution in [0.5, 0.6) is 0 Å². The van der Waals surface area contributed by atoms with Gasteiger partial charge in [0.05, 0.1) is 26.9 Å². The number of nitrogens with one attached hydrogen (secondary N) is 1. The molecule has 3 rings (SSSR count). The van der Waals surface area contributed by atoms with Crippen LogP contribution in [0.4, 0.5) is 5.69 Å². The van der Waals surface area contributed by atoms with Crippen LogP contribution in [0.1, 0.15) is 38.0 Å². The quantitative estimate of drug-likeness (QED) is 0.640. The number of ketones is 1. The molecule has 0 bridgehead atoms. The second-order valence-electron chi connectivity index (χ2n) is 5.66. The Kier molecular flexibility index (Phi) is 4.80. The van der Waals surface area contributed by atoms with Gasteiger partial charge in [0.2, 0.25) is 5.91 Å². The average molecular weight is 391 g/mol. The van der Waals surface area contributed by atoms with Crippen LogP contribution >= 0.6 is 23.2 Å². The van der Waals surface area contributed by atoms with Crippen LogP contribution in [-0.4, -0.2) is 34.9 Å². The molecular weight excluding hydrogens is 379 g/mol. The number of rotatable bonds is 4. The number of imide groups is 1. The van der Waals surface area contributed by atoms with Crippen molar-refractivity contribution in [3.05, 3.63) is 63.1 Å². The van der Waals surface area contributed by atoms with E-state index in [-0.39, 0.29) is 27.0 Å². The second kappa shape index (κ2) is 6.90. The molecule has 1 aliphatic rings.